The minimum atomic E-state index is 0.336. The van der Waals surface area contributed by atoms with E-state index in [1.807, 2.05) is 0 Å². The first-order valence-corrected chi connectivity index (χ1v) is 5.33. The third kappa shape index (κ3) is 0.560. The number of rotatable bonds is 0. The molecule has 2 bridgehead atoms. The maximum Gasteiger partial charge on any atom is 0.225 e. The van der Waals surface area contributed by atoms with E-state index in [1.54, 1.807) is 0 Å². The first kappa shape index (κ1) is 6.63. The first-order chi connectivity index (χ1) is 6.36. The SMILES string of the molecule is O=C1N[C@H]2[C@H]3C[C@@H]([C@@H]4CC=C[C@@H]43)[C@@H]12. The van der Waals surface area contributed by atoms with E-state index < -0.39 is 0 Å². The Morgan fingerprint density at radius 2 is 2.23 bits per heavy atom. The second-order valence-electron chi connectivity index (χ2n) is 5.03. The summed E-state index contributed by atoms with van der Waals surface area (Å²) in [6.45, 7) is 0. The van der Waals surface area contributed by atoms with Crippen LogP contribution in [0.5, 0.6) is 0 Å². The molecule has 6 atom stereocenters. The van der Waals surface area contributed by atoms with E-state index in [0.29, 0.717) is 17.9 Å². The number of fused-ring (bicyclic) bond motifs is 8. The van der Waals surface area contributed by atoms with Crippen LogP contribution in [0, 0.1) is 29.6 Å². The molecule has 0 aromatic rings. The van der Waals surface area contributed by atoms with E-state index in [4.69, 9.17) is 0 Å². The lowest BCUT2D eigenvalue weighted by Gasteiger charge is -2.44. The highest BCUT2D eigenvalue weighted by atomic mass is 16.2. The van der Waals surface area contributed by atoms with Crippen LogP contribution >= 0.6 is 0 Å². The average molecular weight is 175 g/mol. The van der Waals surface area contributed by atoms with Crippen molar-refractivity contribution in [3.63, 3.8) is 0 Å². The van der Waals surface area contributed by atoms with E-state index in [2.05, 4.69) is 17.5 Å². The normalized spacial score (nSPS) is 60.2. The molecular formula is C11H13NO. The van der Waals surface area contributed by atoms with E-state index in [-0.39, 0.29) is 0 Å². The van der Waals surface area contributed by atoms with Gasteiger partial charge < -0.3 is 5.32 Å². The van der Waals surface area contributed by atoms with Gasteiger partial charge in [0, 0.05) is 6.04 Å². The van der Waals surface area contributed by atoms with Crippen LogP contribution in [0.3, 0.4) is 0 Å². The molecule has 0 unspecified atom stereocenters. The third-order valence-electron chi connectivity index (χ3n) is 4.77. The number of allylic oxidation sites excluding steroid dienone is 2. The lowest BCUT2D eigenvalue weighted by molar-refractivity contribution is -0.139. The van der Waals surface area contributed by atoms with Gasteiger partial charge in [-0.05, 0) is 36.5 Å². The molecule has 1 N–H and O–H groups in total. The predicted octanol–water partition coefficient (Wildman–Crippen LogP) is 0.943. The smallest absolute Gasteiger partial charge is 0.225 e. The van der Waals surface area contributed by atoms with E-state index in [1.165, 1.54) is 12.8 Å². The van der Waals surface area contributed by atoms with Crippen molar-refractivity contribution in [2.24, 2.45) is 29.6 Å². The quantitative estimate of drug-likeness (QED) is 0.431. The van der Waals surface area contributed by atoms with Crippen molar-refractivity contribution in [3.8, 4) is 0 Å². The van der Waals surface area contributed by atoms with Crippen LogP contribution < -0.4 is 5.32 Å². The zero-order valence-electron chi connectivity index (χ0n) is 7.44. The summed E-state index contributed by atoms with van der Waals surface area (Å²) in [6, 6.07) is 0.557. The standard InChI is InChI=1S/C11H13NO/c13-11-9-7-4-8(10(9)12-11)6-3-1-2-5(6)7/h1,3,5-10H,2,4H2,(H,12,13)/t5-,6+,7+,8+,9-,10+/m1/s1. The van der Waals surface area contributed by atoms with Gasteiger partial charge in [-0.2, -0.15) is 0 Å². The minimum absolute atomic E-state index is 0.336. The van der Waals surface area contributed by atoms with Crippen molar-refractivity contribution in [2.75, 3.05) is 0 Å². The Hall–Kier alpha value is -0.790. The molecule has 0 radical (unpaired) electrons. The van der Waals surface area contributed by atoms with Gasteiger partial charge in [-0.3, -0.25) is 4.79 Å². The van der Waals surface area contributed by atoms with Gasteiger partial charge in [-0.1, -0.05) is 12.2 Å². The van der Waals surface area contributed by atoms with Gasteiger partial charge in [0.15, 0.2) is 0 Å². The molecule has 2 heteroatoms. The molecular weight excluding hydrogens is 162 g/mol. The Bertz CT molecular complexity index is 322. The van der Waals surface area contributed by atoms with Crippen LogP contribution in [0.1, 0.15) is 12.8 Å². The largest absolute Gasteiger partial charge is 0.352 e. The van der Waals surface area contributed by atoms with E-state index in [0.717, 1.165) is 23.7 Å². The van der Waals surface area contributed by atoms with E-state index in [9.17, 15) is 4.79 Å². The molecule has 4 aliphatic rings. The Morgan fingerprint density at radius 3 is 3.08 bits per heavy atom. The molecule has 1 saturated heterocycles. The van der Waals surface area contributed by atoms with Crippen molar-refractivity contribution in [2.45, 2.75) is 18.9 Å². The second kappa shape index (κ2) is 1.84. The number of β-lactam (4-membered cyclic amide) rings is 1. The van der Waals surface area contributed by atoms with Gasteiger partial charge in [0.1, 0.15) is 0 Å². The monoisotopic (exact) mass is 175 g/mol. The number of nitrogens with one attached hydrogen (secondary N) is 1. The van der Waals surface area contributed by atoms with Crippen LogP contribution in [0.15, 0.2) is 12.2 Å². The summed E-state index contributed by atoms with van der Waals surface area (Å²) in [5.41, 5.74) is 0. The molecule has 68 valence electrons. The molecule has 0 spiro atoms. The van der Waals surface area contributed by atoms with Crippen LogP contribution in [-0.2, 0) is 4.79 Å². The summed E-state index contributed by atoms with van der Waals surface area (Å²) in [5, 5.41) is 3.08. The molecule has 13 heavy (non-hydrogen) atoms. The lowest BCUT2D eigenvalue weighted by Crippen LogP contribution is -2.63. The van der Waals surface area contributed by atoms with Crippen LogP contribution in [0.25, 0.3) is 0 Å². The minimum Gasteiger partial charge on any atom is -0.352 e. The molecule has 1 aliphatic heterocycles. The fourth-order valence-corrected chi connectivity index (χ4v) is 4.31. The van der Waals surface area contributed by atoms with Gasteiger partial charge >= 0.3 is 0 Å². The third-order valence-corrected chi connectivity index (χ3v) is 4.77. The summed E-state index contributed by atoms with van der Waals surface area (Å²) >= 11 is 0. The number of carbonyl (C=O) groups excluding carboxylic acids is 1. The Balaban J connectivity index is 1.76. The van der Waals surface area contributed by atoms with Gasteiger partial charge in [-0.15, -0.1) is 0 Å². The Labute approximate surface area is 77.4 Å². The maximum absolute atomic E-state index is 11.4. The fraction of sp³-hybridized carbons (Fsp3) is 0.727. The van der Waals surface area contributed by atoms with Crippen molar-refractivity contribution in [1.29, 1.82) is 0 Å². The summed E-state index contributed by atoms with van der Waals surface area (Å²) in [5.74, 6) is 3.90. The molecule has 3 fully saturated rings. The van der Waals surface area contributed by atoms with Crippen LogP contribution in [-0.4, -0.2) is 11.9 Å². The van der Waals surface area contributed by atoms with Crippen molar-refractivity contribution in [1.82, 2.24) is 5.32 Å². The van der Waals surface area contributed by atoms with Crippen molar-refractivity contribution in [3.05, 3.63) is 12.2 Å². The predicted molar refractivity (Wildman–Crippen MR) is 47.8 cm³/mol. The molecule has 1 amide bonds. The summed E-state index contributed by atoms with van der Waals surface area (Å²) in [7, 11) is 0. The number of amides is 1. The zero-order valence-corrected chi connectivity index (χ0v) is 7.44. The molecule has 4 rings (SSSR count). The summed E-state index contributed by atoms with van der Waals surface area (Å²) < 4.78 is 0. The molecule has 2 saturated carbocycles. The van der Waals surface area contributed by atoms with Gasteiger partial charge in [-0.25, -0.2) is 0 Å². The number of carbonyl (C=O) groups is 1. The fourth-order valence-electron chi connectivity index (χ4n) is 4.31. The van der Waals surface area contributed by atoms with E-state index >= 15 is 0 Å². The Kier molecular flexibility index (Phi) is 0.938. The molecule has 1 heterocycles. The average Bonchev–Trinajstić information content (AvgIpc) is 2.68. The zero-order chi connectivity index (χ0) is 8.58. The van der Waals surface area contributed by atoms with Crippen LogP contribution in [0.4, 0.5) is 0 Å². The second-order valence-corrected chi connectivity index (χ2v) is 5.03. The van der Waals surface area contributed by atoms with Gasteiger partial charge in [0.2, 0.25) is 5.91 Å². The molecule has 2 nitrogen and oxygen atoms in total. The summed E-state index contributed by atoms with van der Waals surface area (Å²) in [6.07, 6.45) is 7.27. The maximum atomic E-state index is 11.4. The molecule has 3 aliphatic carbocycles. The highest BCUT2D eigenvalue weighted by Gasteiger charge is 2.64. The molecule has 0 aromatic carbocycles. The molecule has 0 aromatic heterocycles. The first-order valence-electron chi connectivity index (χ1n) is 5.33. The van der Waals surface area contributed by atoms with Crippen molar-refractivity contribution < 1.29 is 4.79 Å². The van der Waals surface area contributed by atoms with Crippen LogP contribution in [0.2, 0.25) is 0 Å². The summed E-state index contributed by atoms with van der Waals surface area (Å²) in [4.78, 5) is 11.4. The highest BCUT2D eigenvalue weighted by molar-refractivity contribution is 5.87. The van der Waals surface area contributed by atoms with Gasteiger partial charge in [0.25, 0.3) is 0 Å². The topological polar surface area (TPSA) is 29.1 Å². The number of hydrogen-bond acceptors (Lipinski definition) is 1. The van der Waals surface area contributed by atoms with Gasteiger partial charge in [0.05, 0.1) is 5.92 Å². The number of hydrogen-bond donors (Lipinski definition) is 1. The lowest BCUT2D eigenvalue weighted by atomic mass is 9.68. The highest BCUT2D eigenvalue weighted by Crippen LogP contribution is 2.61. The van der Waals surface area contributed by atoms with Crippen molar-refractivity contribution >= 4 is 5.91 Å². The Morgan fingerprint density at radius 1 is 1.31 bits per heavy atom.